The van der Waals surface area contributed by atoms with Crippen LogP contribution in [0.15, 0.2) is 42.5 Å². The Hall–Kier alpha value is -4.50. The maximum Gasteiger partial charge on any atom is 0.433 e. The topological polar surface area (TPSA) is 117 Å². The summed E-state index contributed by atoms with van der Waals surface area (Å²) >= 11 is 0. The molecule has 2 aliphatic heterocycles. The molecule has 4 heterocycles. The number of rotatable bonds is 6. The van der Waals surface area contributed by atoms with Crippen LogP contribution >= 0.6 is 0 Å². The molecule has 212 valence electrons. The number of aromatic hydroxyl groups is 2. The molecule has 41 heavy (non-hydrogen) atoms. The third-order valence-electron chi connectivity index (χ3n) is 7.93. The summed E-state index contributed by atoms with van der Waals surface area (Å²) in [6, 6.07) is 13.5. The molecule has 0 aliphatic carbocycles. The lowest BCUT2D eigenvalue weighted by atomic mass is 9.78. The Morgan fingerprint density at radius 1 is 1.07 bits per heavy atom. The van der Waals surface area contributed by atoms with E-state index in [0.29, 0.717) is 46.0 Å². The first-order valence-corrected chi connectivity index (χ1v) is 12.9. The highest BCUT2D eigenvalue weighted by Crippen LogP contribution is 2.65. The van der Waals surface area contributed by atoms with Crippen molar-refractivity contribution in [3.8, 4) is 29.4 Å². The van der Waals surface area contributed by atoms with E-state index in [1.807, 2.05) is 25.1 Å². The van der Waals surface area contributed by atoms with Crippen LogP contribution < -0.4 is 9.64 Å². The third kappa shape index (κ3) is 4.02. The molecule has 1 fully saturated rings. The van der Waals surface area contributed by atoms with Gasteiger partial charge in [-0.1, -0.05) is 24.3 Å². The molecule has 2 N–H and O–H groups in total. The standard InChI is InChI=1S/C29H26F3N5O4/c1-27-10-11-28(41-27,12-13-40-21-14-20(29(30,31)32)34-26(35-21)36(2)3)23-22(27)24(38)37(25(23)39)19-9-8-16(15-33)17-6-4-5-7-18(17)19/h4-9,14,38-39H,10-13H2,1-3H3/t27-,28-/m1/s1. The second kappa shape index (κ2) is 9.01. The Kier molecular flexibility index (Phi) is 5.87. The fraction of sp³-hybridized carbons (Fsp3) is 0.345. The molecule has 0 unspecified atom stereocenters. The van der Waals surface area contributed by atoms with Gasteiger partial charge in [0.2, 0.25) is 23.6 Å². The second-order valence-electron chi connectivity index (χ2n) is 10.7. The number of fused-ring (bicyclic) bond motifs is 6. The second-order valence-corrected chi connectivity index (χ2v) is 10.7. The molecule has 2 aliphatic rings. The molecule has 2 aromatic heterocycles. The first-order chi connectivity index (χ1) is 19.4. The predicted octanol–water partition coefficient (Wildman–Crippen LogP) is 5.49. The molecule has 9 nitrogen and oxygen atoms in total. The Labute approximate surface area is 233 Å². The van der Waals surface area contributed by atoms with Gasteiger partial charge in [0, 0.05) is 37.4 Å². The van der Waals surface area contributed by atoms with Crippen LogP contribution in [0.4, 0.5) is 19.1 Å². The highest BCUT2D eigenvalue weighted by Gasteiger charge is 2.61. The molecule has 0 saturated carbocycles. The molecule has 1 saturated heterocycles. The minimum Gasteiger partial charge on any atom is -0.494 e. The molecule has 2 aromatic carbocycles. The van der Waals surface area contributed by atoms with E-state index in [0.717, 1.165) is 6.07 Å². The maximum absolute atomic E-state index is 13.4. The fourth-order valence-corrected chi connectivity index (χ4v) is 6.06. The van der Waals surface area contributed by atoms with E-state index in [4.69, 9.17) is 9.47 Å². The Balaban J connectivity index is 1.37. The molecule has 12 heteroatoms. The zero-order valence-corrected chi connectivity index (χ0v) is 22.5. The summed E-state index contributed by atoms with van der Waals surface area (Å²) in [5.41, 5.74) is -1.20. The van der Waals surface area contributed by atoms with Crippen LogP contribution in [-0.4, -0.2) is 45.5 Å². The number of hydrogen-bond acceptors (Lipinski definition) is 8. The van der Waals surface area contributed by atoms with Crippen LogP contribution in [0.5, 0.6) is 17.6 Å². The molecule has 0 radical (unpaired) electrons. The first-order valence-electron chi connectivity index (χ1n) is 12.9. The normalized spacial score (nSPS) is 21.2. The lowest BCUT2D eigenvalue weighted by Crippen LogP contribution is -2.26. The first kappa shape index (κ1) is 26.7. The van der Waals surface area contributed by atoms with E-state index in [1.54, 1.807) is 18.2 Å². The average Bonchev–Trinajstić information content (AvgIpc) is 3.51. The minimum absolute atomic E-state index is 0.0676. The zero-order chi connectivity index (χ0) is 29.3. The zero-order valence-electron chi connectivity index (χ0n) is 22.5. The molecule has 4 aromatic rings. The van der Waals surface area contributed by atoms with E-state index in [-0.39, 0.29) is 36.6 Å². The van der Waals surface area contributed by atoms with Crippen molar-refractivity contribution in [2.24, 2.45) is 0 Å². The number of anilines is 1. The van der Waals surface area contributed by atoms with Gasteiger partial charge < -0.3 is 24.6 Å². The molecule has 6 rings (SSSR count). The average molecular weight is 566 g/mol. The molecular weight excluding hydrogens is 539 g/mol. The van der Waals surface area contributed by atoms with Crippen molar-refractivity contribution in [1.82, 2.24) is 14.5 Å². The Bertz CT molecular complexity index is 1750. The van der Waals surface area contributed by atoms with E-state index in [2.05, 4.69) is 16.0 Å². The molecule has 2 bridgehead atoms. The number of ether oxygens (including phenoxy) is 2. The molecule has 0 spiro atoms. The Morgan fingerprint density at radius 2 is 1.78 bits per heavy atom. The van der Waals surface area contributed by atoms with Gasteiger partial charge >= 0.3 is 6.18 Å². The van der Waals surface area contributed by atoms with Crippen molar-refractivity contribution in [1.29, 1.82) is 5.26 Å². The number of aromatic nitrogens is 3. The van der Waals surface area contributed by atoms with Gasteiger partial charge in [0.1, 0.15) is 5.60 Å². The van der Waals surface area contributed by atoms with Crippen LogP contribution in [0.3, 0.4) is 0 Å². The van der Waals surface area contributed by atoms with Crippen molar-refractivity contribution in [2.45, 2.75) is 43.6 Å². The van der Waals surface area contributed by atoms with Crippen LogP contribution in [0.25, 0.3) is 16.5 Å². The summed E-state index contributed by atoms with van der Waals surface area (Å²) in [7, 11) is 3.06. The number of alkyl halides is 3. The third-order valence-corrected chi connectivity index (χ3v) is 7.93. The van der Waals surface area contributed by atoms with Crippen molar-refractivity contribution in [2.75, 3.05) is 25.6 Å². The fourth-order valence-electron chi connectivity index (χ4n) is 6.06. The van der Waals surface area contributed by atoms with E-state index in [9.17, 15) is 28.6 Å². The highest BCUT2D eigenvalue weighted by molar-refractivity contribution is 5.95. The van der Waals surface area contributed by atoms with Gasteiger partial charge in [-0.2, -0.15) is 23.4 Å². The summed E-state index contributed by atoms with van der Waals surface area (Å²) in [6.45, 7) is 1.77. The Morgan fingerprint density at radius 3 is 2.46 bits per heavy atom. The number of nitriles is 1. The number of halogens is 3. The number of nitrogens with zero attached hydrogens (tertiary/aromatic N) is 5. The summed E-state index contributed by atoms with van der Waals surface area (Å²) in [5.74, 6) is -0.749. The quantitative estimate of drug-likeness (QED) is 0.315. The van der Waals surface area contributed by atoms with Gasteiger partial charge in [0.15, 0.2) is 5.69 Å². The van der Waals surface area contributed by atoms with Crippen LogP contribution in [0, 0.1) is 11.3 Å². The van der Waals surface area contributed by atoms with Crippen LogP contribution in [-0.2, 0) is 22.1 Å². The summed E-state index contributed by atoms with van der Waals surface area (Å²) < 4.78 is 53.7. The minimum atomic E-state index is -4.68. The van der Waals surface area contributed by atoms with Gasteiger partial charge in [-0.15, -0.1) is 0 Å². The van der Waals surface area contributed by atoms with Crippen LogP contribution in [0.1, 0.15) is 48.6 Å². The van der Waals surface area contributed by atoms with Crippen molar-refractivity contribution < 1.29 is 32.9 Å². The van der Waals surface area contributed by atoms with Gasteiger partial charge in [-0.3, -0.25) is 4.57 Å². The summed E-state index contributed by atoms with van der Waals surface area (Å²) in [6.07, 6.45) is -3.43. The SMILES string of the molecule is CN(C)c1nc(OCC[C@@]23CC[C@@](C)(O2)c2c3c(O)n(-c3ccc(C#N)c4ccccc34)c2O)cc(C(F)(F)F)n1. The largest absolute Gasteiger partial charge is 0.494 e. The van der Waals surface area contributed by atoms with Crippen molar-refractivity contribution in [3.63, 3.8) is 0 Å². The molecule has 0 amide bonds. The van der Waals surface area contributed by atoms with Gasteiger partial charge in [-0.25, -0.2) is 4.98 Å². The van der Waals surface area contributed by atoms with E-state index >= 15 is 0 Å². The summed E-state index contributed by atoms with van der Waals surface area (Å²) in [5, 5.41) is 33.9. The van der Waals surface area contributed by atoms with Crippen molar-refractivity contribution in [3.05, 3.63) is 64.8 Å². The lowest BCUT2D eigenvalue weighted by Gasteiger charge is -2.26. The monoisotopic (exact) mass is 565 g/mol. The van der Waals surface area contributed by atoms with Crippen molar-refractivity contribution >= 4 is 16.7 Å². The number of benzene rings is 2. The number of hydrogen-bond donors (Lipinski definition) is 2. The van der Waals surface area contributed by atoms with E-state index in [1.165, 1.54) is 23.6 Å². The van der Waals surface area contributed by atoms with E-state index < -0.39 is 23.1 Å². The smallest absolute Gasteiger partial charge is 0.433 e. The lowest BCUT2D eigenvalue weighted by molar-refractivity contribution is -0.141. The molecular formula is C29H26F3N5O4. The van der Waals surface area contributed by atoms with Crippen LogP contribution in [0.2, 0.25) is 0 Å². The highest BCUT2D eigenvalue weighted by atomic mass is 19.4. The van der Waals surface area contributed by atoms with Gasteiger partial charge in [0.25, 0.3) is 0 Å². The maximum atomic E-state index is 13.4. The molecule has 2 atom stereocenters. The summed E-state index contributed by atoms with van der Waals surface area (Å²) in [4.78, 5) is 8.99. The van der Waals surface area contributed by atoms with Gasteiger partial charge in [0.05, 0.1) is 40.7 Å². The van der Waals surface area contributed by atoms with Gasteiger partial charge in [-0.05, 0) is 31.9 Å². The predicted molar refractivity (Wildman–Crippen MR) is 142 cm³/mol.